The largest absolute Gasteiger partial charge is 0.490 e. The van der Waals surface area contributed by atoms with E-state index in [4.69, 9.17) is 26.3 Å². The van der Waals surface area contributed by atoms with E-state index in [1.54, 1.807) is 0 Å². The number of imidazole rings is 1. The Hall–Kier alpha value is -3.87. The molecule has 0 radical (unpaired) electrons. The Morgan fingerprint density at radius 2 is 1.81 bits per heavy atom. The molecule has 37 heavy (non-hydrogen) atoms. The Balaban J connectivity index is 1.41. The predicted molar refractivity (Wildman–Crippen MR) is 151 cm³/mol. The van der Waals surface area contributed by atoms with E-state index in [9.17, 15) is 0 Å². The quantitative estimate of drug-likeness (QED) is 0.215. The van der Waals surface area contributed by atoms with Crippen LogP contribution in [0.2, 0.25) is 0 Å². The van der Waals surface area contributed by atoms with Gasteiger partial charge in [-0.05, 0) is 53.9 Å². The van der Waals surface area contributed by atoms with Gasteiger partial charge in [-0.25, -0.2) is 4.98 Å². The molecular formula is C30H36N6O. The minimum absolute atomic E-state index is 0.0863. The number of piperidine rings is 1. The van der Waals surface area contributed by atoms with Crippen LogP contribution in [0.15, 0.2) is 54.6 Å². The number of benzene rings is 3. The summed E-state index contributed by atoms with van der Waals surface area (Å²) in [7, 11) is 0. The van der Waals surface area contributed by atoms with Gasteiger partial charge in [0.2, 0.25) is 0 Å². The minimum Gasteiger partial charge on any atom is -0.490 e. The number of likely N-dealkylation sites (tertiary alicyclic amines) is 1. The van der Waals surface area contributed by atoms with Crippen LogP contribution in [-0.2, 0) is 13.0 Å². The van der Waals surface area contributed by atoms with Crippen LogP contribution in [0.4, 0.5) is 0 Å². The molecule has 0 amide bonds. The first kappa shape index (κ1) is 24.8. The molecule has 0 bridgehead atoms. The Morgan fingerprint density at radius 3 is 2.54 bits per heavy atom. The molecule has 4 N–H and O–H groups in total. The van der Waals surface area contributed by atoms with Crippen molar-refractivity contribution in [3.63, 3.8) is 0 Å². The molecule has 7 heteroatoms. The Bertz CT molecular complexity index is 1450. The highest BCUT2D eigenvalue weighted by Crippen LogP contribution is 2.27. The maximum absolute atomic E-state index is 7.84. The first-order valence-corrected chi connectivity index (χ1v) is 13.2. The van der Waals surface area contributed by atoms with Crippen molar-refractivity contribution in [2.24, 2.45) is 5.73 Å². The number of hydrogen-bond donors (Lipinski definition) is 3. The average molecular weight is 497 g/mol. The Labute approximate surface area is 218 Å². The van der Waals surface area contributed by atoms with Crippen molar-refractivity contribution in [3.8, 4) is 5.75 Å². The van der Waals surface area contributed by atoms with Gasteiger partial charge in [0.1, 0.15) is 23.5 Å². The SMILES string of the molecule is CCCCc1nc2cc(OC3CCN(C(C)=N)CC3)ccc2n1Cc1ccc2ccc(C(=N)N)cc2c1. The summed E-state index contributed by atoms with van der Waals surface area (Å²) >= 11 is 0. The first-order chi connectivity index (χ1) is 17.9. The van der Waals surface area contributed by atoms with Crippen molar-refractivity contribution < 1.29 is 4.74 Å². The maximum atomic E-state index is 7.84. The third-order valence-corrected chi connectivity index (χ3v) is 7.33. The van der Waals surface area contributed by atoms with Gasteiger partial charge < -0.3 is 19.9 Å². The fourth-order valence-corrected chi connectivity index (χ4v) is 5.18. The lowest BCUT2D eigenvalue weighted by Crippen LogP contribution is -2.40. The van der Waals surface area contributed by atoms with Crippen molar-refractivity contribution in [3.05, 3.63) is 71.5 Å². The second-order valence-electron chi connectivity index (χ2n) is 10.1. The highest BCUT2D eigenvalue weighted by Gasteiger charge is 2.21. The van der Waals surface area contributed by atoms with E-state index in [1.807, 2.05) is 25.1 Å². The van der Waals surface area contributed by atoms with Crippen LogP contribution >= 0.6 is 0 Å². The van der Waals surface area contributed by atoms with E-state index >= 15 is 0 Å². The van der Waals surface area contributed by atoms with Gasteiger partial charge in [-0.3, -0.25) is 10.8 Å². The Morgan fingerprint density at radius 1 is 1.03 bits per heavy atom. The molecular weight excluding hydrogens is 460 g/mol. The van der Waals surface area contributed by atoms with Crippen LogP contribution in [0.25, 0.3) is 21.8 Å². The third-order valence-electron chi connectivity index (χ3n) is 7.33. The number of aromatic nitrogens is 2. The predicted octanol–water partition coefficient (Wildman–Crippen LogP) is 5.70. The average Bonchev–Trinajstić information content (AvgIpc) is 3.23. The molecule has 1 saturated heterocycles. The molecule has 3 aromatic carbocycles. The van der Waals surface area contributed by atoms with E-state index in [-0.39, 0.29) is 11.9 Å². The number of nitrogens with two attached hydrogens (primary N) is 1. The number of rotatable bonds is 8. The van der Waals surface area contributed by atoms with E-state index in [0.29, 0.717) is 5.84 Å². The van der Waals surface area contributed by atoms with Crippen molar-refractivity contribution in [2.45, 2.75) is 58.6 Å². The van der Waals surface area contributed by atoms with Gasteiger partial charge in [-0.2, -0.15) is 0 Å². The molecule has 0 unspecified atom stereocenters. The smallest absolute Gasteiger partial charge is 0.122 e. The molecule has 1 aliphatic heterocycles. The number of nitrogen functional groups attached to an aromatic ring is 1. The molecule has 0 saturated carbocycles. The standard InChI is InChI=1S/C30H36N6O/c1-3-4-5-29-34-27-18-26(37-25-12-14-35(15-13-25)20(2)31)10-11-28(27)36(29)19-21-6-7-22-8-9-23(30(32)33)17-24(22)16-21/h6-11,16-18,25,31H,3-5,12-15,19H2,1-2H3,(H3,32,33). The Kier molecular flexibility index (Phi) is 7.12. The van der Waals surface area contributed by atoms with E-state index in [0.717, 1.165) is 90.7 Å². The number of amidine groups is 2. The maximum Gasteiger partial charge on any atom is 0.122 e. The lowest BCUT2D eigenvalue weighted by atomic mass is 10.0. The van der Waals surface area contributed by atoms with Crippen molar-refractivity contribution >= 4 is 33.5 Å². The first-order valence-electron chi connectivity index (χ1n) is 13.2. The minimum atomic E-state index is 0.0863. The van der Waals surface area contributed by atoms with Gasteiger partial charge in [0.05, 0.1) is 16.9 Å². The zero-order valence-corrected chi connectivity index (χ0v) is 21.8. The van der Waals surface area contributed by atoms with Crippen LogP contribution in [0.5, 0.6) is 5.75 Å². The van der Waals surface area contributed by atoms with Crippen molar-refractivity contribution in [1.29, 1.82) is 10.8 Å². The van der Waals surface area contributed by atoms with Gasteiger partial charge in [0.15, 0.2) is 0 Å². The molecule has 5 rings (SSSR count). The normalized spacial score (nSPS) is 14.4. The molecule has 1 aromatic heterocycles. The highest BCUT2D eigenvalue weighted by molar-refractivity contribution is 5.99. The number of nitrogens with one attached hydrogen (secondary N) is 2. The summed E-state index contributed by atoms with van der Waals surface area (Å²) in [6.07, 6.45) is 5.18. The molecule has 1 aliphatic rings. The molecule has 0 spiro atoms. The summed E-state index contributed by atoms with van der Waals surface area (Å²) in [6, 6.07) is 18.7. The number of hydrogen-bond acceptors (Lipinski definition) is 4. The summed E-state index contributed by atoms with van der Waals surface area (Å²) in [6.45, 7) is 6.54. The molecule has 4 aromatic rings. The van der Waals surface area contributed by atoms with E-state index < -0.39 is 0 Å². The summed E-state index contributed by atoms with van der Waals surface area (Å²) in [5, 5.41) is 17.8. The zero-order valence-electron chi connectivity index (χ0n) is 21.8. The lowest BCUT2D eigenvalue weighted by molar-refractivity contribution is 0.130. The summed E-state index contributed by atoms with van der Waals surface area (Å²) in [4.78, 5) is 7.15. The second-order valence-corrected chi connectivity index (χ2v) is 10.1. The molecule has 2 heterocycles. The number of fused-ring (bicyclic) bond motifs is 2. The second kappa shape index (κ2) is 10.6. The van der Waals surface area contributed by atoms with E-state index in [1.165, 1.54) is 5.56 Å². The van der Waals surface area contributed by atoms with Crippen molar-refractivity contribution in [1.82, 2.24) is 14.5 Å². The lowest BCUT2D eigenvalue weighted by Gasteiger charge is -2.32. The monoisotopic (exact) mass is 496 g/mol. The summed E-state index contributed by atoms with van der Waals surface area (Å²) in [5.41, 5.74) is 9.74. The van der Waals surface area contributed by atoms with Gasteiger partial charge in [0.25, 0.3) is 0 Å². The van der Waals surface area contributed by atoms with Crippen LogP contribution in [0, 0.1) is 10.8 Å². The topological polar surface area (TPSA) is 104 Å². The van der Waals surface area contributed by atoms with Crippen LogP contribution in [0.3, 0.4) is 0 Å². The summed E-state index contributed by atoms with van der Waals surface area (Å²) in [5.74, 6) is 2.69. The number of ether oxygens (including phenoxy) is 1. The molecule has 0 aliphatic carbocycles. The fourth-order valence-electron chi connectivity index (χ4n) is 5.18. The van der Waals surface area contributed by atoms with E-state index in [2.05, 4.69) is 52.8 Å². The fraction of sp³-hybridized carbons (Fsp3) is 0.367. The molecule has 7 nitrogen and oxygen atoms in total. The zero-order chi connectivity index (χ0) is 25.9. The third kappa shape index (κ3) is 5.45. The molecule has 1 fully saturated rings. The van der Waals surface area contributed by atoms with Crippen molar-refractivity contribution in [2.75, 3.05) is 13.1 Å². The van der Waals surface area contributed by atoms with Gasteiger partial charge in [-0.1, -0.05) is 37.6 Å². The van der Waals surface area contributed by atoms with Crippen LogP contribution < -0.4 is 10.5 Å². The van der Waals surface area contributed by atoms with Gasteiger partial charge in [-0.15, -0.1) is 0 Å². The highest BCUT2D eigenvalue weighted by atomic mass is 16.5. The number of nitrogens with zero attached hydrogens (tertiary/aromatic N) is 3. The van der Waals surface area contributed by atoms with Gasteiger partial charge in [0, 0.05) is 50.5 Å². The van der Waals surface area contributed by atoms with Crippen LogP contribution in [0.1, 0.15) is 56.5 Å². The van der Waals surface area contributed by atoms with Gasteiger partial charge >= 0.3 is 0 Å². The molecule has 192 valence electrons. The number of aryl methyl sites for hydroxylation is 1. The number of unbranched alkanes of at least 4 members (excludes halogenated alkanes) is 1. The summed E-state index contributed by atoms with van der Waals surface area (Å²) < 4.78 is 8.67. The van der Waals surface area contributed by atoms with Crippen LogP contribution in [-0.4, -0.2) is 45.3 Å². The molecule has 0 atom stereocenters.